The lowest BCUT2D eigenvalue weighted by molar-refractivity contribution is -0.385. The summed E-state index contributed by atoms with van der Waals surface area (Å²) in [6.45, 7) is 5.75. The summed E-state index contributed by atoms with van der Waals surface area (Å²) >= 11 is 0. The van der Waals surface area contributed by atoms with Gasteiger partial charge in [-0.25, -0.2) is 4.68 Å². The molecule has 2 atom stereocenters. The van der Waals surface area contributed by atoms with Crippen molar-refractivity contribution in [1.82, 2.24) is 14.8 Å². The highest BCUT2D eigenvalue weighted by Crippen LogP contribution is 2.40. The number of carbonyl (C=O) groups excluding carboxylic acids is 1. The zero-order chi connectivity index (χ0) is 17.3. The molecule has 2 unspecified atom stereocenters. The molecule has 0 amide bonds. The monoisotopic (exact) mass is 329 g/mol. The molecule has 0 fully saturated rings. The van der Waals surface area contributed by atoms with Gasteiger partial charge < -0.3 is 10.1 Å². The average molecular weight is 329 g/mol. The van der Waals surface area contributed by atoms with Gasteiger partial charge >= 0.3 is 5.97 Å². The van der Waals surface area contributed by atoms with E-state index >= 15 is 0 Å². The lowest BCUT2D eigenvalue weighted by Crippen LogP contribution is -2.38. The van der Waals surface area contributed by atoms with Crippen molar-refractivity contribution in [2.45, 2.75) is 13.0 Å². The van der Waals surface area contributed by atoms with Gasteiger partial charge in [-0.15, -0.1) is 0 Å². The smallest absolute Gasteiger partial charge is 0.317 e. The molecule has 0 spiro atoms. The first-order chi connectivity index (χ1) is 11.5. The van der Waals surface area contributed by atoms with Crippen molar-refractivity contribution in [1.29, 1.82) is 0 Å². The number of nitrogens with one attached hydrogen (secondary N) is 1. The Bertz CT molecular complexity index is 816. The van der Waals surface area contributed by atoms with Gasteiger partial charge in [-0.2, -0.15) is 10.1 Å². The van der Waals surface area contributed by atoms with E-state index in [1.165, 1.54) is 17.1 Å². The molecule has 3 rings (SSSR count). The minimum absolute atomic E-state index is 0.104. The number of nitro groups is 1. The molecule has 0 saturated carbocycles. The molecule has 1 aromatic carbocycles. The fourth-order valence-corrected chi connectivity index (χ4v) is 2.81. The molecule has 1 aliphatic rings. The van der Waals surface area contributed by atoms with Gasteiger partial charge in [0.05, 0.1) is 17.1 Å². The van der Waals surface area contributed by atoms with E-state index in [9.17, 15) is 14.9 Å². The molecule has 1 aliphatic heterocycles. The lowest BCUT2D eigenvalue weighted by Gasteiger charge is -2.32. The fraction of sp³-hybridized carbons (Fsp3) is 0.267. The zero-order valence-electron chi connectivity index (χ0n) is 12.9. The van der Waals surface area contributed by atoms with Crippen molar-refractivity contribution in [2.75, 3.05) is 11.9 Å². The number of fused-ring (bicyclic) bond motifs is 1. The number of esters is 1. The molecule has 9 nitrogen and oxygen atoms in total. The highest BCUT2D eigenvalue weighted by Gasteiger charge is 2.42. The number of aromatic nitrogens is 3. The van der Waals surface area contributed by atoms with Crippen LogP contribution in [0.3, 0.4) is 0 Å². The van der Waals surface area contributed by atoms with Gasteiger partial charge in [-0.1, -0.05) is 18.7 Å². The van der Waals surface area contributed by atoms with E-state index in [2.05, 4.69) is 22.0 Å². The first kappa shape index (κ1) is 15.7. The second-order valence-electron chi connectivity index (χ2n) is 5.17. The van der Waals surface area contributed by atoms with Crippen LogP contribution in [-0.2, 0) is 9.53 Å². The Morgan fingerprint density at radius 3 is 2.96 bits per heavy atom. The van der Waals surface area contributed by atoms with Crippen LogP contribution in [-0.4, -0.2) is 32.3 Å². The van der Waals surface area contributed by atoms with Crippen LogP contribution in [0.4, 0.5) is 11.6 Å². The first-order valence-corrected chi connectivity index (χ1v) is 7.29. The van der Waals surface area contributed by atoms with Gasteiger partial charge in [0.2, 0.25) is 5.95 Å². The van der Waals surface area contributed by atoms with Crippen molar-refractivity contribution in [3.8, 4) is 0 Å². The topological polar surface area (TPSA) is 112 Å². The van der Waals surface area contributed by atoms with Crippen LogP contribution in [0.1, 0.15) is 18.5 Å². The van der Waals surface area contributed by atoms with Crippen molar-refractivity contribution < 1.29 is 14.5 Å². The molecular formula is C15H15N5O4. The van der Waals surface area contributed by atoms with Gasteiger partial charge in [-0.05, 0) is 13.0 Å². The van der Waals surface area contributed by atoms with E-state index in [-0.39, 0.29) is 12.3 Å². The van der Waals surface area contributed by atoms with Crippen LogP contribution in [0.2, 0.25) is 0 Å². The van der Waals surface area contributed by atoms with Crippen LogP contribution in [0, 0.1) is 16.0 Å². The van der Waals surface area contributed by atoms with Crippen LogP contribution in [0.25, 0.3) is 0 Å². The fourth-order valence-electron chi connectivity index (χ4n) is 2.81. The third-order valence-electron chi connectivity index (χ3n) is 3.79. The summed E-state index contributed by atoms with van der Waals surface area (Å²) in [5, 5.41) is 18.4. The third-order valence-corrected chi connectivity index (χ3v) is 3.79. The Morgan fingerprint density at radius 1 is 1.50 bits per heavy atom. The molecule has 0 aliphatic carbocycles. The van der Waals surface area contributed by atoms with Crippen LogP contribution < -0.4 is 5.32 Å². The highest BCUT2D eigenvalue weighted by atomic mass is 16.6. The van der Waals surface area contributed by atoms with Gasteiger partial charge in [0, 0.05) is 11.8 Å². The normalized spacial score (nSPS) is 19.3. The van der Waals surface area contributed by atoms with E-state index in [1.54, 1.807) is 25.1 Å². The molecule has 1 N–H and O–H groups in total. The second kappa shape index (κ2) is 6.11. The molecule has 1 aromatic heterocycles. The molecular weight excluding hydrogens is 314 g/mol. The molecule has 0 saturated heterocycles. The Balaban J connectivity index is 2.19. The van der Waals surface area contributed by atoms with E-state index in [0.29, 0.717) is 17.2 Å². The number of para-hydroxylation sites is 1. The van der Waals surface area contributed by atoms with Crippen molar-refractivity contribution >= 4 is 17.6 Å². The summed E-state index contributed by atoms with van der Waals surface area (Å²) in [7, 11) is 0. The number of benzene rings is 1. The van der Waals surface area contributed by atoms with Crippen molar-refractivity contribution in [3.05, 3.63) is 58.5 Å². The molecule has 2 heterocycles. The Morgan fingerprint density at radius 2 is 2.25 bits per heavy atom. The number of nitro benzene ring substituents is 1. The van der Waals surface area contributed by atoms with Gasteiger partial charge in [0.1, 0.15) is 18.3 Å². The molecule has 2 aromatic rings. The van der Waals surface area contributed by atoms with Crippen LogP contribution >= 0.6 is 0 Å². The molecule has 0 radical (unpaired) electrons. The quantitative estimate of drug-likeness (QED) is 0.518. The summed E-state index contributed by atoms with van der Waals surface area (Å²) in [4.78, 5) is 27.4. The minimum atomic E-state index is -0.861. The molecule has 9 heteroatoms. The summed E-state index contributed by atoms with van der Waals surface area (Å²) in [5.74, 6) is -1.02. The lowest BCUT2D eigenvalue weighted by atomic mass is 9.88. The first-order valence-electron chi connectivity index (χ1n) is 7.29. The van der Waals surface area contributed by atoms with E-state index < -0.39 is 22.9 Å². The summed E-state index contributed by atoms with van der Waals surface area (Å²) in [6, 6.07) is 5.46. The van der Waals surface area contributed by atoms with Crippen molar-refractivity contribution in [3.63, 3.8) is 0 Å². The summed E-state index contributed by atoms with van der Waals surface area (Å²) in [5.41, 5.74) is 0.597. The van der Waals surface area contributed by atoms with Crippen LogP contribution in [0.15, 0.2) is 42.9 Å². The number of hydrogen-bond donors (Lipinski definition) is 1. The predicted molar refractivity (Wildman–Crippen MR) is 84.1 cm³/mol. The van der Waals surface area contributed by atoms with E-state index in [0.717, 1.165) is 0 Å². The molecule has 24 heavy (non-hydrogen) atoms. The standard InChI is InChI=1S/C15H15N5O4/c1-3-24-14(21)12-9(2)18-15-16-8-17-19(15)13(12)10-6-4-5-7-11(10)20(22)23/h4-8,12-13H,2-3H2,1H3,(H,16,17,18). The largest absolute Gasteiger partial charge is 0.465 e. The third kappa shape index (κ3) is 2.49. The van der Waals surface area contributed by atoms with Crippen molar-refractivity contribution in [2.24, 2.45) is 5.92 Å². The summed E-state index contributed by atoms with van der Waals surface area (Å²) in [6.07, 6.45) is 1.31. The van der Waals surface area contributed by atoms with Gasteiger partial charge in [0.15, 0.2) is 0 Å². The Hall–Kier alpha value is -3.23. The number of hydrogen-bond acceptors (Lipinski definition) is 7. The molecule has 0 bridgehead atoms. The second-order valence-corrected chi connectivity index (χ2v) is 5.17. The number of rotatable bonds is 4. The van der Waals surface area contributed by atoms with Gasteiger partial charge in [-0.3, -0.25) is 14.9 Å². The van der Waals surface area contributed by atoms with Gasteiger partial charge in [0.25, 0.3) is 5.69 Å². The maximum Gasteiger partial charge on any atom is 0.317 e. The number of ether oxygens (including phenoxy) is 1. The maximum absolute atomic E-state index is 12.5. The Labute approximate surface area is 137 Å². The maximum atomic E-state index is 12.5. The number of carbonyl (C=O) groups is 1. The zero-order valence-corrected chi connectivity index (χ0v) is 12.9. The number of nitrogens with zero attached hydrogens (tertiary/aromatic N) is 4. The number of anilines is 1. The Kier molecular flexibility index (Phi) is 3.98. The average Bonchev–Trinajstić information content (AvgIpc) is 3.01. The SMILES string of the molecule is C=C1Nc2ncnn2C(c2ccccc2[N+](=O)[O-])C1C(=O)OCC. The molecule has 124 valence electrons. The summed E-state index contributed by atoms with van der Waals surface area (Å²) < 4.78 is 6.57. The van der Waals surface area contributed by atoms with E-state index in [4.69, 9.17) is 4.74 Å². The predicted octanol–water partition coefficient (Wildman–Crippen LogP) is 1.89. The van der Waals surface area contributed by atoms with Crippen LogP contribution in [0.5, 0.6) is 0 Å². The highest BCUT2D eigenvalue weighted by molar-refractivity contribution is 5.79. The van der Waals surface area contributed by atoms with E-state index in [1.807, 2.05) is 0 Å². The minimum Gasteiger partial charge on any atom is -0.465 e.